The van der Waals surface area contributed by atoms with Crippen LogP contribution >= 0.6 is 0 Å². The third kappa shape index (κ3) is 6.19. The zero-order valence-corrected chi connectivity index (χ0v) is 15.2. The number of aliphatic imine (C=N–C) groups is 1. The van der Waals surface area contributed by atoms with Crippen LogP contribution < -0.4 is 11.1 Å². The molecule has 0 aromatic heterocycles. The highest BCUT2D eigenvalue weighted by molar-refractivity contribution is 5.78. The number of guanidine groups is 1. The largest absolute Gasteiger partial charge is 0.450 e. The van der Waals surface area contributed by atoms with Crippen LogP contribution in [-0.4, -0.2) is 74.3 Å². The smallest absolute Gasteiger partial charge is 0.409 e. The molecule has 2 heterocycles. The number of carbonyl (C=O) groups is 1. The van der Waals surface area contributed by atoms with E-state index in [1.165, 1.54) is 25.9 Å². The minimum Gasteiger partial charge on any atom is -0.450 e. The molecule has 0 saturated carbocycles. The van der Waals surface area contributed by atoms with Crippen LogP contribution in [-0.2, 0) is 4.74 Å². The Balaban J connectivity index is 1.62. The van der Waals surface area contributed by atoms with E-state index in [2.05, 4.69) is 22.3 Å². The number of piperidine rings is 2. The van der Waals surface area contributed by atoms with Crippen molar-refractivity contribution in [3.05, 3.63) is 0 Å². The molecule has 2 aliphatic rings. The van der Waals surface area contributed by atoms with E-state index in [4.69, 9.17) is 10.5 Å². The van der Waals surface area contributed by atoms with Crippen LogP contribution in [0.25, 0.3) is 0 Å². The van der Waals surface area contributed by atoms with Crippen molar-refractivity contribution in [1.82, 2.24) is 15.1 Å². The Bertz CT molecular complexity index is 413. The SMILES string of the molecule is CCOC(=O)N1CCC(NC(N)=NCCC2CCN(C)CC2)CC1. The van der Waals surface area contributed by atoms with Gasteiger partial charge in [0.15, 0.2) is 5.96 Å². The maximum absolute atomic E-state index is 11.7. The molecule has 0 spiro atoms. The number of nitrogens with one attached hydrogen (secondary N) is 1. The summed E-state index contributed by atoms with van der Waals surface area (Å²) >= 11 is 0. The van der Waals surface area contributed by atoms with Crippen LogP contribution in [0.1, 0.15) is 39.0 Å². The van der Waals surface area contributed by atoms with Crippen LogP contribution in [0.4, 0.5) is 4.79 Å². The molecule has 1 amide bonds. The summed E-state index contributed by atoms with van der Waals surface area (Å²) in [4.78, 5) is 20.3. The molecule has 2 aliphatic heterocycles. The van der Waals surface area contributed by atoms with Crippen molar-refractivity contribution in [2.24, 2.45) is 16.6 Å². The minimum atomic E-state index is -0.212. The van der Waals surface area contributed by atoms with E-state index in [1.807, 2.05) is 6.92 Å². The number of ether oxygens (including phenoxy) is 1. The van der Waals surface area contributed by atoms with E-state index in [0.717, 1.165) is 31.7 Å². The van der Waals surface area contributed by atoms with Crippen molar-refractivity contribution in [2.45, 2.75) is 45.1 Å². The van der Waals surface area contributed by atoms with E-state index in [1.54, 1.807) is 4.90 Å². The van der Waals surface area contributed by atoms with Crippen LogP contribution in [0, 0.1) is 5.92 Å². The monoisotopic (exact) mass is 339 g/mol. The molecular formula is C17H33N5O2. The molecule has 0 unspecified atom stereocenters. The second-order valence-electron chi connectivity index (χ2n) is 6.91. The lowest BCUT2D eigenvalue weighted by Crippen LogP contribution is -2.48. The van der Waals surface area contributed by atoms with Crippen molar-refractivity contribution >= 4 is 12.1 Å². The van der Waals surface area contributed by atoms with Crippen LogP contribution in [0.2, 0.25) is 0 Å². The Morgan fingerprint density at radius 2 is 1.88 bits per heavy atom. The number of nitrogens with two attached hydrogens (primary N) is 1. The highest BCUT2D eigenvalue weighted by Gasteiger charge is 2.23. The van der Waals surface area contributed by atoms with Gasteiger partial charge < -0.3 is 25.6 Å². The van der Waals surface area contributed by atoms with Crippen molar-refractivity contribution in [3.63, 3.8) is 0 Å². The van der Waals surface area contributed by atoms with Gasteiger partial charge in [-0.05, 0) is 65.1 Å². The molecule has 2 rings (SSSR count). The molecule has 0 aromatic carbocycles. The van der Waals surface area contributed by atoms with Crippen molar-refractivity contribution in [3.8, 4) is 0 Å². The van der Waals surface area contributed by atoms with Gasteiger partial charge >= 0.3 is 6.09 Å². The Kier molecular flexibility index (Phi) is 7.62. The minimum absolute atomic E-state index is 0.212. The second kappa shape index (κ2) is 9.71. The molecule has 3 N–H and O–H groups in total. The summed E-state index contributed by atoms with van der Waals surface area (Å²) in [5.41, 5.74) is 6.01. The molecular weight excluding hydrogens is 306 g/mol. The fraction of sp³-hybridized carbons (Fsp3) is 0.882. The number of rotatable bonds is 5. The van der Waals surface area contributed by atoms with Crippen molar-refractivity contribution in [2.75, 3.05) is 46.4 Å². The maximum Gasteiger partial charge on any atom is 0.409 e. The first kappa shape index (κ1) is 18.8. The van der Waals surface area contributed by atoms with Gasteiger partial charge in [-0.1, -0.05) is 0 Å². The summed E-state index contributed by atoms with van der Waals surface area (Å²) in [5, 5.41) is 3.30. The standard InChI is InChI=1S/C17H33N5O2/c1-3-24-17(23)22-12-7-15(8-13-22)20-16(18)19-9-4-14-5-10-21(2)11-6-14/h14-15H,3-13H2,1-2H3,(H3,18,19,20). The maximum atomic E-state index is 11.7. The molecule has 7 heteroatoms. The van der Waals surface area contributed by atoms with E-state index >= 15 is 0 Å². The Hall–Kier alpha value is -1.50. The lowest BCUT2D eigenvalue weighted by molar-refractivity contribution is 0.0963. The van der Waals surface area contributed by atoms with Gasteiger partial charge in [-0.3, -0.25) is 4.99 Å². The molecule has 0 aromatic rings. The van der Waals surface area contributed by atoms with Crippen molar-refractivity contribution in [1.29, 1.82) is 0 Å². The Morgan fingerprint density at radius 1 is 1.21 bits per heavy atom. The van der Waals surface area contributed by atoms with Crippen LogP contribution in [0.3, 0.4) is 0 Å². The molecule has 0 atom stereocenters. The van der Waals surface area contributed by atoms with E-state index in [9.17, 15) is 4.79 Å². The zero-order chi connectivity index (χ0) is 17.4. The summed E-state index contributed by atoms with van der Waals surface area (Å²) in [6.07, 6.45) is 5.21. The topological polar surface area (TPSA) is 83.2 Å². The van der Waals surface area contributed by atoms with E-state index in [0.29, 0.717) is 31.7 Å². The molecule has 0 radical (unpaired) electrons. The molecule has 0 aliphatic carbocycles. The molecule has 24 heavy (non-hydrogen) atoms. The number of carbonyl (C=O) groups excluding carboxylic acids is 1. The van der Waals surface area contributed by atoms with Gasteiger partial charge in [-0.25, -0.2) is 4.79 Å². The first-order valence-electron chi connectivity index (χ1n) is 9.25. The first-order chi connectivity index (χ1) is 11.6. The molecule has 2 fully saturated rings. The second-order valence-corrected chi connectivity index (χ2v) is 6.91. The normalized spacial score (nSPS) is 21.8. The quantitative estimate of drug-likeness (QED) is 0.582. The van der Waals surface area contributed by atoms with Gasteiger partial charge in [0.2, 0.25) is 0 Å². The van der Waals surface area contributed by atoms with Gasteiger partial charge in [-0.2, -0.15) is 0 Å². The predicted molar refractivity (Wildman–Crippen MR) is 96.1 cm³/mol. The summed E-state index contributed by atoms with van der Waals surface area (Å²) in [6, 6.07) is 0.294. The number of nitrogens with zero attached hydrogens (tertiary/aromatic N) is 3. The fourth-order valence-electron chi connectivity index (χ4n) is 3.39. The van der Waals surface area contributed by atoms with Crippen LogP contribution in [0.5, 0.6) is 0 Å². The average Bonchev–Trinajstić information content (AvgIpc) is 2.57. The summed E-state index contributed by atoms with van der Waals surface area (Å²) in [5.74, 6) is 1.32. The van der Waals surface area contributed by atoms with Gasteiger partial charge in [0.25, 0.3) is 0 Å². The zero-order valence-electron chi connectivity index (χ0n) is 15.2. The summed E-state index contributed by atoms with van der Waals surface area (Å²) in [7, 11) is 2.18. The number of amides is 1. The number of likely N-dealkylation sites (tertiary alicyclic amines) is 2. The third-order valence-corrected chi connectivity index (χ3v) is 5.03. The van der Waals surface area contributed by atoms with Gasteiger partial charge in [0.05, 0.1) is 6.61 Å². The number of hydrogen-bond donors (Lipinski definition) is 2. The molecule has 0 bridgehead atoms. The van der Waals surface area contributed by atoms with Crippen molar-refractivity contribution < 1.29 is 9.53 Å². The lowest BCUT2D eigenvalue weighted by atomic mass is 9.94. The Labute approximate surface area is 145 Å². The average molecular weight is 339 g/mol. The van der Waals surface area contributed by atoms with Gasteiger partial charge in [0.1, 0.15) is 0 Å². The first-order valence-corrected chi connectivity index (χ1v) is 9.25. The Morgan fingerprint density at radius 3 is 2.50 bits per heavy atom. The van der Waals surface area contributed by atoms with E-state index in [-0.39, 0.29) is 6.09 Å². The van der Waals surface area contributed by atoms with Crippen LogP contribution in [0.15, 0.2) is 4.99 Å². The van der Waals surface area contributed by atoms with E-state index < -0.39 is 0 Å². The summed E-state index contributed by atoms with van der Waals surface area (Å²) < 4.78 is 5.03. The fourth-order valence-corrected chi connectivity index (χ4v) is 3.39. The molecule has 2 saturated heterocycles. The third-order valence-electron chi connectivity index (χ3n) is 5.03. The lowest BCUT2D eigenvalue weighted by Gasteiger charge is -2.31. The molecule has 7 nitrogen and oxygen atoms in total. The number of hydrogen-bond acceptors (Lipinski definition) is 4. The highest BCUT2D eigenvalue weighted by atomic mass is 16.6. The van der Waals surface area contributed by atoms with Gasteiger partial charge in [-0.15, -0.1) is 0 Å². The predicted octanol–water partition coefficient (Wildman–Crippen LogP) is 1.24. The van der Waals surface area contributed by atoms with Gasteiger partial charge in [0, 0.05) is 25.7 Å². The highest BCUT2D eigenvalue weighted by Crippen LogP contribution is 2.19. The molecule has 138 valence electrons. The summed E-state index contributed by atoms with van der Waals surface area (Å²) in [6.45, 7) is 6.86.